The molecule has 0 aliphatic carbocycles. The number of halogens is 3. The molecule has 2 rings (SSSR count). The normalized spacial score (nSPS) is 10.6. The maximum absolute atomic E-state index is 12.3. The van der Waals surface area contributed by atoms with Crippen molar-refractivity contribution in [3.05, 3.63) is 53.0 Å². The third-order valence-corrected chi connectivity index (χ3v) is 4.73. The van der Waals surface area contributed by atoms with Gasteiger partial charge in [-0.1, -0.05) is 31.9 Å². The lowest BCUT2D eigenvalue weighted by Crippen LogP contribution is -2.01. The Morgan fingerprint density at radius 3 is 2.12 bits per heavy atom. The Kier molecular flexibility index (Phi) is 4.23. The lowest BCUT2D eigenvalue weighted by Gasteiger charge is -2.02. The summed E-state index contributed by atoms with van der Waals surface area (Å²) in [6.45, 7) is 1.95. The van der Waals surface area contributed by atoms with Gasteiger partial charge in [-0.05, 0) is 47.1 Å². The predicted molar refractivity (Wildman–Crippen MR) is 82.0 cm³/mol. The van der Waals surface area contributed by atoms with E-state index in [1.54, 1.807) is 11.3 Å². The first-order chi connectivity index (χ1) is 7.97. The standard InChI is InChI=1S/C12H7Br3OS/c1-6-10(5-11(15)17-6)12(16)7-2-8(13)4-9(14)3-7/h2-5H,1H3. The molecule has 0 fully saturated rings. The maximum atomic E-state index is 12.3. The van der Waals surface area contributed by atoms with Gasteiger partial charge in [0, 0.05) is 24.9 Å². The summed E-state index contributed by atoms with van der Waals surface area (Å²) in [4.78, 5) is 13.4. The van der Waals surface area contributed by atoms with Gasteiger partial charge in [0.05, 0.1) is 3.79 Å². The van der Waals surface area contributed by atoms with Crippen LogP contribution in [0.4, 0.5) is 0 Å². The zero-order chi connectivity index (χ0) is 12.6. The molecule has 5 heteroatoms. The molecule has 1 heterocycles. The van der Waals surface area contributed by atoms with Crippen molar-refractivity contribution in [2.45, 2.75) is 6.92 Å². The fourth-order valence-corrected chi connectivity index (χ4v) is 4.49. The molecule has 0 unspecified atom stereocenters. The van der Waals surface area contributed by atoms with E-state index in [1.165, 1.54) is 0 Å². The Morgan fingerprint density at radius 1 is 1.06 bits per heavy atom. The molecule has 17 heavy (non-hydrogen) atoms. The molecule has 1 aromatic carbocycles. The Hall–Kier alpha value is 0.0300. The van der Waals surface area contributed by atoms with E-state index in [2.05, 4.69) is 47.8 Å². The number of hydrogen-bond acceptors (Lipinski definition) is 2. The second-order valence-electron chi connectivity index (χ2n) is 3.51. The number of benzene rings is 1. The smallest absolute Gasteiger partial charge is 0.194 e. The highest BCUT2D eigenvalue weighted by molar-refractivity contribution is 9.11. The van der Waals surface area contributed by atoms with Gasteiger partial charge < -0.3 is 0 Å². The number of ketones is 1. The first-order valence-electron chi connectivity index (χ1n) is 4.74. The summed E-state index contributed by atoms with van der Waals surface area (Å²) in [5.74, 6) is 0.0476. The predicted octanol–water partition coefficient (Wildman–Crippen LogP) is 5.58. The fraction of sp³-hybridized carbons (Fsp3) is 0.0833. The quantitative estimate of drug-likeness (QED) is 0.560. The number of thiophene rings is 1. The van der Waals surface area contributed by atoms with Crippen LogP contribution in [0.2, 0.25) is 0 Å². The molecular formula is C12H7Br3OS. The van der Waals surface area contributed by atoms with E-state index in [0.717, 1.165) is 23.2 Å². The van der Waals surface area contributed by atoms with Crippen molar-refractivity contribution in [2.75, 3.05) is 0 Å². The van der Waals surface area contributed by atoms with Crippen molar-refractivity contribution in [3.8, 4) is 0 Å². The van der Waals surface area contributed by atoms with E-state index in [1.807, 2.05) is 31.2 Å². The molecule has 1 aromatic heterocycles. The van der Waals surface area contributed by atoms with Gasteiger partial charge in [0.15, 0.2) is 5.78 Å². The van der Waals surface area contributed by atoms with Crippen LogP contribution in [-0.4, -0.2) is 5.78 Å². The number of rotatable bonds is 2. The van der Waals surface area contributed by atoms with Crippen molar-refractivity contribution in [2.24, 2.45) is 0 Å². The zero-order valence-electron chi connectivity index (χ0n) is 8.76. The van der Waals surface area contributed by atoms with Crippen LogP contribution < -0.4 is 0 Å². The number of aryl methyl sites for hydroxylation is 1. The summed E-state index contributed by atoms with van der Waals surface area (Å²) in [5.41, 5.74) is 1.44. The molecule has 0 radical (unpaired) electrons. The number of carbonyl (C=O) groups excluding carboxylic acids is 1. The van der Waals surface area contributed by atoms with Crippen LogP contribution in [0.5, 0.6) is 0 Å². The van der Waals surface area contributed by atoms with Gasteiger partial charge >= 0.3 is 0 Å². The highest BCUT2D eigenvalue weighted by atomic mass is 79.9. The Labute approximate surface area is 129 Å². The van der Waals surface area contributed by atoms with E-state index in [-0.39, 0.29) is 5.78 Å². The molecule has 0 bridgehead atoms. The minimum absolute atomic E-state index is 0.0476. The minimum atomic E-state index is 0.0476. The molecular weight excluding hydrogens is 432 g/mol. The summed E-state index contributed by atoms with van der Waals surface area (Å²) in [5, 5.41) is 0. The van der Waals surface area contributed by atoms with Crippen LogP contribution in [0.1, 0.15) is 20.8 Å². The van der Waals surface area contributed by atoms with E-state index >= 15 is 0 Å². The van der Waals surface area contributed by atoms with Crippen molar-refractivity contribution >= 4 is 64.9 Å². The highest BCUT2D eigenvalue weighted by Crippen LogP contribution is 2.29. The summed E-state index contributed by atoms with van der Waals surface area (Å²) >= 11 is 11.8. The zero-order valence-corrected chi connectivity index (χ0v) is 14.3. The van der Waals surface area contributed by atoms with Crippen molar-refractivity contribution < 1.29 is 4.79 Å². The molecule has 0 N–H and O–H groups in total. The summed E-state index contributed by atoms with van der Waals surface area (Å²) in [7, 11) is 0. The fourth-order valence-electron chi connectivity index (χ4n) is 1.51. The largest absolute Gasteiger partial charge is 0.289 e. The van der Waals surface area contributed by atoms with Gasteiger partial charge in [0.2, 0.25) is 0 Å². The SMILES string of the molecule is Cc1sc(Br)cc1C(=O)c1cc(Br)cc(Br)c1. The third-order valence-electron chi connectivity index (χ3n) is 2.26. The van der Waals surface area contributed by atoms with Crippen molar-refractivity contribution in [1.82, 2.24) is 0 Å². The van der Waals surface area contributed by atoms with Gasteiger partial charge in [-0.25, -0.2) is 0 Å². The molecule has 0 atom stereocenters. The van der Waals surface area contributed by atoms with Gasteiger partial charge in [0.1, 0.15) is 0 Å². The van der Waals surface area contributed by atoms with E-state index < -0.39 is 0 Å². The van der Waals surface area contributed by atoms with Crippen LogP contribution in [0.3, 0.4) is 0 Å². The van der Waals surface area contributed by atoms with Crippen LogP contribution in [-0.2, 0) is 0 Å². The molecule has 2 aromatic rings. The van der Waals surface area contributed by atoms with Crippen LogP contribution in [0.15, 0.2) is 37.0 Å². The Balaban J connectivity index is 2.47. The maximum Gasteiger partial charge on any atom is 0.194 e. The topological polar surface area (TPSA) is 17.1 Å². The molecule has 0 saturated carbocycles. The second-order valence-corrected chi connectivity index (χ2v) is 7.97. The molecule has 0 saturated heterocycles. The first-order valence-corrected chi connectivity index (χ1v) is 7.93. The average molecular weight is 439 g/mol. The van der Waals surface area contributed by atoms with E-state index in [9.17, 15) is 4.79 Å². The van der Waals surface area contributed by atoms with Crippen molar-refractivity contribution in [1.29, 1.82) is 0 Å². The van der Waals surface area contributed by atoms with Gasteiger partial charge in [-0.2, -0.15) is 0 Å². The summed E-state index contributed by atoms with van der Waals surface area (Å²) < 4.78 is 2.76. The Bertz CT molecular complexity index is 569. The van der Waals surface area contributed by atoms with Gasteiger partial charge in [-0.15, -0.1) is 11.3 Å². The van der Waals surface area contributed by atoms with Gasteiger partial charge in [-0.3, -0.25) is 4.79 Å². The average Bonchev–Trinajstić information content (AvgIpc) is 2.55. The molecule has 0 aliphatic heterocycles. The molecule has 88 valence electrons. The lowest BCUT2D eigenvalue weighted by atomic mass is 10.0. The lowest BCUT2D eigenvalue weighted by molar-refractivity contribution is 0.103. The molecule has 0 spiro atoms. The molecule has 1 nitrogen and oxygen atoms in total. The molecule has 0 aliphatic rings. The number of carbonyl (C=O) groups is 1. The minimum Gasteiger partial charge on any atom is -0.289 e. The summed E-state index contributed by atoms with van der Waals surface area (Å²) in [6, 6.07) is 7.44. The van der Waals surface area contributed by atoms with E-state index in [4.69, 9.17) is 0 Å². The van der Waals surface area contributed by atoms with Crippen LogP contribution in [0.25, 0.3) is 0 Å². The number of hydrogen-bond donors (Lipinski definition) is 0. The monoisotopic (exact) mass is 436 g/mol. The highest BCUT2D eigenvalue weighted by Gasteiger charge is 2.15. The van der Waals surface area contributed by atoms with Crippen LogP contribution >= 0.6 is 59.1 Å². The first kappa shape index (κ1) is 13.5. The second kappa shape index (κ2) is 5.34. The van der Waals surface area contributed by atoms with Crippen LogP contribution in [0, 0.1) is 6.92 Å². The Morgan fingerprint density at radius 2 is 1.65 bits per heavy atom. The van der Waals surface area contributed by atoms with Crippen molar-refractivity contribution in [3.63, 3.8) is 0 Å². The van der Waals surface area contributed by atoms with Gasteiger partial charge in [0.25, 0.3) is 0 Å². The molecule has 0 amide bonds. The third kappa shape index (κ3) is 3.08. The summed E-state index contributed by atoms with van der Waals surface area (Å²) in [6.07, 6.45) is 0. The van der Waals surface area contributed by atoms with E-state index in [0.29, 0.717) is 5.56 Å².